The Balaban J connectivity index is 1.72. The lowest BCUT2D eigenvalue weighted by atomic mass is 10.1. The van der Waals surface area contributed by atoms with Crippen molar-refractivity contribution in [1.82, 2.24) is 10.2 Å². The molecule has 0 saturated carbocycles. The highest BCUT2D eigenvalue weighted by atomic mass is 16.5. The van der Waals surface area contributed by atoms with Crippen LogP contribution in [0, 0.1) is 0 Å². The van der Waals surface area contributed by atoms with Crippen LogP contribution in [0.15, 0.2) is 47.5 Å². The van der Waals surface area contributed by atoms with E-state index >= 15 is 0 Å². The van der Waals surface area contributed by atoms with Gasteiger partial charge in [-0.15, -0.1) is 0 Å². The number of rotatable bonds is 8. The molecule has 0 atom stereocenters. The van der Waals surface area contributed by atoms with Crippen LogP contribution in [-0.4, -0.2) is 57.9 Å². The van der Waals surface area contributed by atoms with Gasteiger partial charge in [-0.05, 0) is 30.2 Å². The molecule has 0 spiro atoms. The SMILES string of the molecule is CCNC(=NCc1ccccc1CN1CCOCC1)Nc1ccc(OC)c(OC)c1. The summed E-state index contributed by atoms with van der Waals surface area (Å²) < 4.78 is 16.2. The van der Waals surface area contributed by atoms with Gasteiger partial charge in [-0.1, -0.05) is 24.3 Å². The molecular formula is C23H32N4O3. The largest absolute Gasteiger partial charge is 0.493 e. The average Bonchev–Trinajstić information content (AvgIpc) is 2.79. The van der Waals surface area contributed by atoms with Gasteiger partial charge in [0.15, 0.2) is 17.5 Å². The number of ether oxygens (including phenoxy) is 3. The molecule has 7 heteroatoms. The number of hydrogen-bond acceptors (Lipinski definition) is 5. The van der Waals surface area contributed by atoms with E-state index in [4.69, 9.17) is 19.2 Å². The lowest BCUT2D eigenvalue weighted by Gasteiger charge is -2.27. The summed E-state index contributed by atoms with van der Waals surface area (Å²) in [6.07, 6.45) is 0. The number of hydrogen-bond donors (Lipinski definition) is 2. The first kappa shape index (κ1) is 21.9. The highest BCUT2D eigenvalue weighted by molar-refractivity contribution is 5.93. The Hall–Kier alpha value is -2.77. The summed E-state index contributed by atoms with van der Waals surface area (Å²) in [6, 6.07) is 14.2. The number of guanidine groups is 1. The van der Waals surface area contributed by atoms with E-state index in [-0.39, 0.29) is 0 Å². The van der Waals surface area contributed by atoms with Crippen LogP contribution in [0.4, 0.5) is 5.69 Å². The van der Waals surface area contributed by atoms with Gasteiger partial charge in [-0.3, -0.25) is 4.90 Å². The van der Waals surface area contributed by atoms with Crippen molar-refractivity contribution in [2.24, 2.45) is 4.99 Å². The molecular weight excluding hydrogens is 380 g/mol. The van der Waals surface area contributed by atoms with Crippen molar-refractivity contribution in [1.29, 1.82) is 0 Å². The van der Waals surface area contributed by atoms with Gasteiger partial charge in [0.1, 0.15) is 0 Å². The second-order valence-electron chi connectivity index (χ2n) is 7.05. The maximum absolute atomic E-state index is 5.46. The molecule has 0 radical (unpaired) electrons. The lowest BCUT2D eigenvalue weighted by Crippen LogP contribution is -2.35. The maximum Gasteiger partial charge on any atom is 0.196 e. The summed E-state index contributed by atoms with van der Waals surface area (Å²) in [5.41, 5.74) is 3.42. The van der Waals surface area contributed by atoms with Crippen LogP contribution >= 0.6 is 0 Å². The van der Waals surface area contributed by atoms with Gasteiger partial charge in [0.05, 0.1) is 34.0 Å². The van der Waals surface area contributed by atoms with Gasteiger partial charge in [0.2, 0.25) is 0 Å². The molecule has 1 aliphatic heterocycles. The smallest absolute Gasteiger partial charge is 0.196 e. The van der Waals surface area contributed by atoms with Crippen molar-refractivity contribution >= 4 is 11.6 Å². The Labute approximate surface area is 179 Å². The van der Waals surface area contributed by atoms with Gasteiger partial charge >= 0.3 is 0 Å². The van der Waals surface area contributed by atoms with E-state index in [1.54, 1.807) is 14.2 Å². The summed E-state index contributed by atoms with van der Waals surface area (Å²) in [6.45, 7) is 7.91. The van der Waals surface area contributed by atoms with E-state index in [9.17, 15) is 0 Å². The molecule has 7 nitrogen and oxygen atoms in total. The summed E-state index contributed by atoms with van der Waals surface area (Å²) in [7, 11) is 3.26. The van der Waals surface area contributed by atoms with Gasteiger partial charge in [0.25, 0.3) is 0 Å². The number of nitrogens with zero attached hydrogens (tertiary/aromatic N) is 2. The molecule has 1 heterocycles. The van der Waals surface area contributed by atoms with E-state index in [0.29, 0.717) is 18.0 Å². The zero-order valence-corrected chi connectivity index (χ0v) is 18.1. The number of nitrogens with one attached hydrogen (secondary N) is 2. The molecule has 0 unspecified atom stereocenters. The highest BCUT2D eigenvalue weighted by Crippen LogP contribution is 2.29. The Morgan fingerprint density at radius 3 is 2.47 bits per heavy atom. The standard InChI is InChI=1S/C23H32N4O3/c1-4-24-23(26-20-9-10-21(28-2)22(15-20)29-3)25-16-18-7-5-6-8-19(18)17-27-11-13-30-14-12-27/h5-10,15H,4,11-14,16-17H2,1-3H3,(H2,24,25,26). The van der Waals surface area contributed by atoms with Crippen LogP contribution in [0.25, 0.3) is 0 Å². The van der Waals surface area contributed by atoms with E-state index in [1.165, 1.54) is 11.1 Å². The van der Waals surface area contributed by atoms with E-state index in [2.05, 4.69) is 46.7 Å². The first-order chi connectivity index (χ1) is 14.7. The number of morpholine rings is 1. The van der Waals surface area contributed by atoms with Gasteiger partial charge in [0, 0.05) is 37.9 Å². The molecule has 2 aromatic rings. The Bertz CT molecular complexity index is 835. The predicted molar refractivity (Wildman–Crippen MR) is 121 cm³/mol. The van der Waals surface area contributed by atoms with E-state index in [0.717, 1.165) is 51.0 Å². The van der Waals surface area contributed by atoms with Crippen molar-refractivity contribution in [3.63, 3.8) is 0 Å². The van der Waals surface area contributed by atoms with E-state index < -0.39 is 0 Å². The summed E-state index contributed by atoms with van der Waals surface area (Å²) in [5, 5.41) is 6.66. The molecule has 30 heavy (non-hydrogen) atoms. The molecule has 1 fully saturated rings. The van der Waals surface area contributed by atoms with Crippen LogP contribution in [0.3, 0.4) is 0 Å². The summed E-state index contributed by atoms with van der Waals surface area (Å²) in [5.74, 6) is 2.10. The highest BCUT2D eigenvalue weighted by Gasteiger charge is 2.13. The fourth-order valence-corrected chi connectivity index (χ4v) is 3.39. The van der Waals surface area contributed by atoms with Crippen LogP contribution in [0.1, 0.15) is 18.1 Å². The summed E-state index contributed by atoms with van der Waals surface area (Å²) >= 11 is 0. The lowest BCUT2D eigenvalue weighted by molar-refractivity contribution is 0.0341. The predicted octanol–water partition coefficient (Wildman–Crippen LogP) is 3.11. The normalized spacial score (nSPS) is 15.0. The number of anilines is 1. The minimum absolute atomic E-state index is 0.600. The first-order valence-corrected chi connectivity index (χ1v) is 10.4. The zero-order valence-electron chi connectivity index (χ0n) is 18.1. The van der Waals surface area contributed by atoms with Gasteiger partial charge < -0.3 is 24.8 Å². The number of methoxy groups -OCH3 is 2. The topological polar surface area (TPSA) is 67.4 Å². The molecule has 3 rings (SSSR count). The number of aliphatic imine (C=N–C) groups is 1. The minimum atomic E-state index is 0.600. The third-order valence-electron chi connectivity index (χ3n) is 5.01. The molecule has 2 N–H and O–H groups in total. The maximum atomic E-state index is 5.46. The van der Waals surface area contributed by atoms with Crippen molar-refractivity contribution < 1.29 is 14.2 Å². The Kier molecular flexibility index (Phi) is 8.35. The first-order valence-electron chi connectivity index (χ1n) is 10.4. The molecule has 0 aromatic heterocycles. The van der Waals surface area contributed by atoms with E-state index in [1.807, 2.05) is 18.2 Å². The van der Waals surface area contributed by atoms with Crippen LogP contribution in [0.5, 0.6) is 11.5 Å². The molecule has 1 aliphatic rings. The van der Waals surface area contributed by atoms with Crippen molar-refractivity contribution in [3.8, 4) is 11.5 Å². The minimum Gasteiger partial charge on any atom is -0.493 e. The third kappa shape index (κ3) is 6.11. The van der Waals surface area contributed by atoms with Gasteiger partial charge in [-0.2, -0.15) is 0 Å². The van der Waals surface area contributed by atoms with Crippen molar-refractivity contribution in [3.05, 3.63) is 53.6 Å². The zero-order chi connectivity index (χ0) is 21.2. The molecule has 1 saturated heterocycles. The Morgan fingerprint density at radius 2 is 1.77 bits per heavy atom. The Morgan fingerprint density at radius 1 is 1.03 bits per heavy atom. The fraction of sp³-hybridized carbons (Fsp3) is 0.435. The second kappa shape index (κ2) is 11.4. The molecule has 2 aromatic carbocycles. The summed E-state index contributed by atoms with van der Waals surface area (Å²) in [4.78, 5) is 7.24. The molecule has 162 valence electrons. The van der Waals surface area contributed by atoms with Crippen LogP contribution in [-0.2, 0) is 17.8 Å². The molecule has 0 bridgehead atoms. The van der Waals surface area contributed by atoms with Gasteiger partial charge in [-0.25, -0.2) is 4.99 Å². The quantitative estimate of drug-likeness (QED) is 0.513. The molecule has 0 aliphatic carbocycles. The van der Waals surface area contributed by atoms with Crippen molar-refractivity contribution in [2.75, 3.05) is 52.4 Å². The molecule has 0 amide bonds. The van der Waals surface area contributed by atoms with Crippen molar-refractivity contribution in [2.45, 2.75) is 20.0 Å². The third-order valence-corrected chi connectivity index (χ3v) is 5.01. The van der Waals surface area contributed by atoms with Crippen LogP contribution < -0.4 is 20.1 Å². The second-order valence-corrected chi connectivity index (χ2v) is 7.05. The fourth-order valence-electron chi connectivity index (χ4n) is 3.39. The number of benzene rings is 2. The van der Waals surface area contributed by atoms with Crippen LogP contribution in [0.2, 0.25) is 0 Å². The average molecular weight is 413 g/mol. The monoisotopic (exact) mass is 412 g/mol.